The van der Waals surface area contributed by atoms with Crippen LogP contribution in [-0.4, -0.2) is 0 Å². The Morgan fingerprint density at radius 2 is 1.26 bits per heavy atom. The third kappa shape index (κ3) is 3.85. The summed E-state index contributed by atoms with van der Waals surface area (Å²) in [4.78, 5) is 0. The maximum absolute atomic E-state index is 6.49. The molecule has 1 nitrogen and oxygen atoms in total. The molecular formula is C42H30O. The molecular weight excluding hydrogens is 520 g/mol. The molecule has 0 N–H and O–H groups in total. The van der Waals surface area contributed by atoms with Crippen LogP contribution in [0.3, 0.4) is 0 Å². The van der Waals surface area contributed by atoms with Crippen LogP contribution in [0.2, 0.25) is 0 Å². The summed E-state index contributed by atoms with van der Waals surface area (Å²) in [7, 11) is 0. The van der Waals surface area contributed by atoms with E-state index < -0.39 is 0 Å². The normalized spacial score (nSPS) is 14.6. The minimum Gasteiger partial charge on any atom is -0.456 e. The first kappa shape index (κ1) is 24.5. The smallest absolute Gasteiger partial charge is 0.136 e. The second-order valence-electron chi connectivity index (χ2n) is 11.8. The summed E-state index contributed by atoms with van der Waals surface area (Å²) < 4.78 is 6.49. The fourth-order valence-corrected chi connectivity index (χ4v) is 7.40. The highest BCUT2D eigenvalue weighted by molar-refractivity contribution is 6.10. The van der Waals surface area contributed by atoms with Crippen LogP contribution in [-0.2, 0) is 0 Å². The third-order valence-corrected chi connectivity index (χ3v) is 9.35. The molecule has 0 saturated heterocycles. The Morgan fingerprint density at radius 3 is 2.09 bits per heavy atom. The van der Waals surface area contributed by atoms with Crippen molar-refractivity contribution in [1.82, 2.24) is 0 Å². The van der Waals surface area contributed by atoms with Crippen molar-refractivity contribution in [2.24, 2.45) is 0 Å². The third-order valence-electron chi connectivity index (χ3n) is 9.35. The van der Waals surface area contributed by atoms with E-state index in [0.29, 0.717) is 0 Å². The van der Waals surface area contributed by atoms with Crippen molar-refractivity contribution in [3.05, 3.63) is 137 Å². The Labute approximate surface area is 250 Å². The highest BCUT2D eigenvalue weighted by atomic mass is 16.3. The first-order valence-corrected chi connectivity index (χ1v) is 15.4. The van der Waals surface area contributed by atoms with E-state index in [9.17, 15) is 0 Å². The first-order chi connectivity index (χ1) is 21.3. The highest BCUT2D eigenvalue weighted by Gasteiger charge is 2.18. The molecule has 0 bridgehead atoms. The summed E-state index contributed by atoms with van der Waals surface area (Å²) in [5, 5.41) is 10.3. The Hall–Kier alpha value is -5.14. The predicted molar refractivity (Wildman–Crippen MR) is 183 cm³/mol. The number of rotatable bonds is 3. The second kappa shape index (κ2) is 9.71. The molecule has 0 aliphatic heterocycles. The molecule has 1 aromatic heterocycles. The zero-order valence-corrected chi connectivity index (χ0v) is 23.9. The van der Waals surface area contributed by atoms with Crippen LogP contribution in [0.15, 0.2) is 126 Å². The number of allylic oxidation sites excluding steroid dienone is 4. The number of hydrogen-bond donors (Lipinski definition) is 0. The molecule has 0 saturated carbocycles. The lowest BCUT2D eigenvalue weighted by Gasteiger charge is -2.19. The fourth-order valence-electron chi connectivity index (χ4n) is 7.40. The summed E-state index contributed by atoms with van der Waals surface area (Å²) in [5.74, 6) is 0. The van der Waals surface area contributed by atoms with Gasteiger partial charge in [-0.05, 0) is 115 Å². The zero-order chi connectivity index (χ0) is 28.3. The minimum absolute atomic E-state index is 0.928. The van der Waals surface area contributed by atoms with Crippen molar-refractivity contribution >= 4 is 61.2 Å². The number of benzene rings is 6. The van der Waals surface area contributed by atoms with Crippen LogP contribution in [0, 0.1) is 0 Å². The van der Waals surface area contributed by atoms with Crippen LogP contribution < -0.4 is 10.4 Å². The van der Waals surface area contributed by atoms with Crippen molar-refractivity contribution in [3.8, 4) is 22.3 Å². The molecule has 6 aromatic carbocycles. The van der Waals surface area contributed by atoms with E-state index in [-0.39, 0.29) is 0 Å². The molecule has 0 spiro atoms. The summed E-state index contributed by atoms with van der Waals surface area (Å²) in [5.41, 5.74) is 9.72. The highest BCUT2D eigenvalue weighted by Crippen LogP contribution is 2.38. The molecule has 43 heavy (non-hydrogen) atoms. The summed E-state index contributed by atoms with van der Waals surface area (Å²) in [6.45, 7) is 0. The van der Waals surface area contributed by atoms with Crippen LogP contribution in [0.1, 0.15) is 31.2 Å². The van der Waals surface area contributed by atoms with Crippen molar-refractivity contribution in [2.75, 3.05) is 0 Å². The van der Waals surface area contributed by atoms with Gasteiger partial charge in [-0.25, -0.2) is 0 Å². The quantitative estimate of drug-likeness (QED) is 0.213. The molecule has 1 heterocycles. The number of fused-ring (bicyclic) bond motifs is 6. The van der Waals surface area contributed by atoms with Gasteiger partial charge in [0.2, 0.25) is 0 Å². The molecule has 9 rings (SSSR count). The lowest BCUT2D eigenvalue weighted by molar-refractivity contribution is 0.669. The van der Waals surface area contributed by atoms with Gasteiger partial charge in [-0.2, -0.15) is 0 Å². The SMILES string of the molecule is C1=CCCC(c2c3c(c(-c4ccc5oc6cc(-c7cccc8ccccc78)ccc6c5c4)c4ccccc24)=CCCC=3)=C1. The average Bonchev–Trinajstić information content (AvgIpc) is 3.44. The van der Waals surface area contributed by atoms with E-state index in [1.807, 2.05) is 0 Å². The maximum atomic E-state index is 6.49. The topological polar surface area (TPSA) is 13.1 Å². The molecule has 7 aromatic rings. The van der Waals surface area contributed by atoms with Gasteiger partial charge in [0.25, 0.3) is 0 Å². The number of furan rings is 1. The monoisotopic (exact) mass is 550 g/mol. The Kier molecular flexibility index (Phi) is 5.52. The van der Waals surface area contributed by atoms with Gasteiger partial charge in [0.1, 0.15) is 11.2 Å². The lowest BCUT2D eigenvalue weighted by atomic mass is 9.84. The van der Waals surface area contributed by atoms with Crippen molar-refractivity contribution in [1.29, 1.82) is 0 Å². The summed E-state index contributed by atoms with van der Waals surface area (Å²) in [6.07, 6.45) is 16.1. The largest absolute Gasteiger partial charge is 0.456 e. The molecule has 2 aliphatic rings. The van der Waals surface area contributed by atoms with Gasteiger partial charge in [-0.3, -0.25) is 0 Å². The van der Waals surface area contributed by atoms with E-state index in [4.69, 9.17) is 4.42 Å². The Morgan fingerprint density at radius 1 is 0.512 bits per heavy atom. The average molecular weight is 551 g/mol. The molecule has 204 valence electrons. The van der Waals surface area contributed by atoms with Gasteiger partial charge in [0, 0.05) is 10.8 Å². The van der Waals surface area contributed by atoms with E-state index >= 15 is 0 Å². The van der Waals surface area contributed by atoms with Crippen LogP contribution >= 0.6 is 0 Å². The van der Waals surface area contributed by atoms with Gasteiger partial charge in [0.15, 0.2) is 0 Å². The van der Waals surface area contributed by atoms with Crippen LogP contribution in [0.4, 0.5) is 0 Å². The van der Waals surface area contributed by atoms with Gasteiger partial charge in [0.05, 0.1) is 0 Å². The summed E-state index contributed by atoms with van der Waals surface area (Å²) >= 11 is 0. The van der Waals surface area contributed by atoms with Crippen molar-refractivity contribution < 1.29 is 4.42 Å². The zero-order valence-electron chi connectivity index (χ0n) is 23.9. The van der Waals surface area contributed by atoms with E-state index in [2.05, 4.69) is 134 Å². The van der Waals surface area contributed by atoms with E-state index in [1.165, 1.54) is 70.8 Å². The predicted octanol–water partition coefficient (Wildman–Crippen LogP) is 10.3. The van der Waals surface area contributed by atoms with E-state index in [1.54, 1.807) is 0 Å². The standard InChI is InChI=1S/C42H30O/c1-2-12-28(13-3-1)41-34-16-6-8-18-36(34)42(37-19-9-7-17-35(37)41)30-22-24-39-38(25-30)33-23-21-29(26-40(33)43-39)32-20-10-14-27-11-4-5-15-31(27)32/h1-2,4-6,8,10-12,14-26H,3,7,9,13H2. The van der Waals surface area contributed by atoms with Crippen LogP contribution in [0.25, 0.3) is 83.5 Å². The van der Waals surface area contributed by atoms with Gasteiger partial charge in [-0.1, -0.05) is 109 Å². The molecule has 2 aliphatic carbocycles. The van der Waals surface area contributed by atoms with Crippen molar-refractivity contribution in [3.63, 3.8) is 0 Å². The van der Waals surface area contributed by atoms with Crippen molar-refractivity contribution in [2.45, 2.75) is 25.7 Å². The van der Waals surface area contributed by atoms with Gasteiger partial charge in [-0.15, -0.1) is 0 Å². The molecule has 0 atom stereocenters. The summed E-state index contributed by atoms with van der Waals surface area (Å²) in [6, 6.07) is 37.6. The first-order valence-electron chi connectivity index (χ1n) is 15.4. The second-order valence-corrected chi connectivity index (χ2v) is 11.8. The maximum Gasteiger partial charge on any atom is 0.136 e. The molecule has 0 unspecified atom stereocenters. The number of hydrogen-bond acceptors (Lipinski definition) is 1. The lowest BCUT2D eigenvalue weighted by Crippen LogP contribution is -2.33. The minimum atomic E-state index is 0.928. The Bertz CT molecular complexity index is 2440. The van der Waals surface area contributed by atoms with E-state index in [0.717, 1.165) is 42.2 Å². The van der Waals surface area contributed by atoms with Gasteiger partial charge < -0.3 is 4.42 Å². The van der Waals surface area contributed by atoms with Gasteiger partial charge >= 0.3 is 0 Å². The molecule has 0 radical (unpaired) electrons. The Balaban J connectivity index is 1.27. The molecule has 0 fully saturated rings. The molecule has 0 amide bonds. The fraction of sp³-hybridized carbons (Fsp3) is 0.0952. The molecule has 1 heteroatoms. The van der Waals surface area contributed by atoms with Crippen LogP contribution in [0.5, 0.6) is 0 Å².